The zero-order chi connectivity index (χ0) is 12.3. The van der Waals surface area contributed by atoms with Gasteiger partial charge in [-0.3, -0.25) is 14.5 Å². The minimum Gasteiger partial charge on any atom is -0.369 e. The van der Waals surface area contributed by atoms with Gasteiger partial charge in [0.1, 0.15) is 0 Å². The summed E-state index contributed by atoms with van der Waals surface area (Å²) < 4.78 is 0. The van der Waals surface area contributed by atoms with E-state index in [1.807, 2.05) is 4.90 Å². The van der Waals surface area contributed by atoms with Crippen LogP contribution in [0.2, 0.25) is 0 Å². The van der Waals surface area contributed by atoms with E-state index >= 15 is 0 Å². The van der Waals surface area contributed by atoms with E-state index < -0.39 is 0 Å². The van der Waals surface area contributed by atoms with E-state index in [9.17, 15) is 9.59 Å². The number of primary amides is 1. The molecule has 1 unspecified atom stereocenters. The van der Waals surface area contributed by atoms with Crippen LogP contribution in [0.15, 0.2) is 0 Å². The molecule has 0 aromatic heterocycles. The standard InChI is InChI=1S/C12H21N3O2/c13-11(16)8-15-6-2-5-10(7-15)14-12(17)9-3-1-4-9/h9-10H,1-8H2,(H2,13,16)(H,14,17). The fraction of sp³-hybridized carbons (Fsp3) is 0.833. The molecule has 96 valence electrons. The average molecular weight is 239 g/mol. The third-order valence-corrected chi connectivity index (χ3v) is 3.71. The first-order chi connectivity index (χ1) is 8.15. The number of hydrogen-bond donors (Lipinski definition) is 2. The molecule has 0 aromatic rings. The van der Waals surface area contributed by atoms with Gasteiger partial charge in [0.25, 0.3) is 0 Å². The van der Waals surface area contributed by atoms with Crippen LogP contribution in [-0.2, 0) is 9.59 Å². The van der Waals surface area contributed by atoms with Crippen LogP contribution < -0.4 is 11.1 Å². The Bertz CT molecular complexity index is 302. The highest BCUT2D eigenvalue weighted by atomic mass is 16.2. The topological polar surface area (TPSA) is 75.4 Å². The maximum atomic E-state index is 11.8. The minimum atomic E-state index is -0.295. The van der Waals surface area contributed by atoms with Crippen molar-refractivity contribution in [1.82, 2.24) is 10.2 Å². The molecule has 1 heterocycles. The van der Waals surface area contributed by atoms with Gasteiger partial charge in [-0.1, -0.05) is 6.42 Å². The Balaban J connectivity index is 1.76. The van der Waals surface area contributed by atoms with Crippen LogP contribution in [0.1, 0.15) is 32.1 Å². The second-order valence-corrected chi connectivity index (χ2v) is 5.18. The van der Waals surface area contributed by atoms with Crippen LogP contribution in [0.5, 0.6) is 0 Å². The number of nitrogens with one attached hydrogen (secondary N) is 1. The highest BCUT2D eigenvalue weighted by Crippen LogP contribution is 2.26. The smallest absolute Gasteiger partial charge is 0.231 e. The van der Waals surface area contributed by atoms with Gasteiger partial charge in [0.2, 0.25) is 11.8 Å². The van der Waals surface area contributed by atoms with Crippen LogP contribution in [0.3, 0.4) is 0 Å². The van der Waals surface area contributed by atoms with Gasteiger partial charge in [0.05, 0.1) is 6.54 Å². The highest BCUT2D eigenvalue weighted by Gasteiger charge is 2.28. The van der Waals surface area contributed by atoms with E-state index in [1.165, 1.54) is 6.42 Å². The number of rotatable bonds is 4. The predicted octanol–water partition coefficient (Wildman–Crippen LogP) is -0.148. The van der Waals surface area contributed by atoms with Crippen LogP contribution in [-0.4, -0.2) is 42.4 Å². The normalized spacial score (nSPS) is 26.2. The van der Waals surface area contributed by atoms with Crippen LogP contribution in [0, 0.1) is 5.92 Å². The lowest BCUT2D eigenvalue weighted by atomic mass is 9.84. The van der Waals surface area contributed by atoms with Gasteiger partial charge in [0, 0.05) is 18.5 Å². The summed E-state index contributed by atoms with van der Waals surface area (Å²) >= 11 is 0. The van der Waals surface area contributed by atoms with Crippen molar-refractivity contribution in [3.8, 4) is 0 Å². The van der Waals surface area contributed by atoms with E-state index in [2.05, 4.69) is 5.32 Å². The Labute approximate surface area is 102 Å². The van der Waals surface area contributed by atoms with Gasteiger partial charge < -0.3 is 11.1 Å². The Morgan fingerprint density at radius 3 is 2.59 bits per heavy atom. The Morgan fingerprint density at radius 1 is 1.24 bits per heavy atom. The second-order valence-electron chi connectivity index (χ2n) is 5.18. The third-order valence-electron chi connectivity index (χ3n) is 3.71. The van der Waals surface area contributed by atoms with Crippen molar-refractivity contribution in [2.45, 2.75) is 38.1 Å². The summed E-state index contributed by atoms with van der Waals surface area (Å²) in [5.74, 6) is 0.139. The lowest BCUT2D eigenvalue weighted by molar-refractivity contribution is -0.128. The first-order valence-corrected chi connectivity index (χ1v) is 6.46. The minimum absolute atomic E-state index is 0.191. The largest absolute Gasteiger partial charge is 0.369 e. The molecule has 1 aliphatic carbocycles. The Kier molecular flexibility index (Phi) is 3.99. The monoisotopic (exact) mass is 239 g/mol. The van der Waals surface area contributed by atoms with E-state index in [0.717, 1.165) is 38.8 Å². The molecule has 2 fully saturated rings. The molecule has 5 heteroatoms. The van der Waals surface area contributed by atoms with Gasteiger partial charge in [0.15, 0.2) is 0 Å². The summed E-state index contributed by atoms with van der Waals surface area (Å²) in [7, 11) is 0. The summed E-state index contributed by atoms with van der Waals surface area (Å²) in [6, 6.07) is 0.191. The van der Waals surface area contributed by atoms with Gasteiger partial charge in [-0.2, -0.15) is 0 Å². The van der Waals surface area contributed by atoms with Crippen molar-refractivity contribution in [3.05, 3.63) is 0 Å². The molecule has 1 saturated heterocycles. The van der Waals surface area contributed by atoms with Crippen molar-refractivity contribution in [2.75, 3.05) is 19.6 Å². The van der Waals surface area contributed by atoms with Gasteiger partial charge in [-0.15, -0.1) is 0 Å². The average Bonchev–Trinajstić information content (AvgIpc) is 2.13. The third kappa shape index (κ3) is 3.43. The molecule has 2 rings (SSSR count). The zero-order valence-electron chi connectivity index (χ0n) is 10.2. The molecule has 0 radical (unpaired) electrons. The number of carbonyl (C=O) groups excluding carboxylic acids is 2. The van der Waals surface area contributed by atoms with E-state index in [-0.39, 0.29) is 23.8 Å². The molecule has 5 nitrogen and oxygen atoms in total. The lowest BCUT2D eigenvalue weighted by Gasteiger charge is -2.34. The van der Waals surface area contributed by atoms with E-state index in [0.29, 0.717) is 6.54 Å². The molecule has 1 aliphatic heterocycles. The predicted molar refractivity (Wildman–Crippen MR) is 64.1 cm³/mol. The fourth-order valence-corrected chi connectivity index (χ4v) is 2.53. The van der Waals surface area contributed by atoms with Crippen molar-refractivity contribution in [1.29, 1.82) is 0 Å². The van der Waals surface area contributed by atoms with E-state index in [1.54, 1.807) is 0 Å². The molecule has 17 heavy (non-hydrogen) atoms. The molecular formula is C12H21N3O2. The van der Waals surface area contributed by atoms with Crippen molar-refractivity contribution in [3.63, 3.8) is 0 Å². The Morgan fingerprint density at radius 2 is 2.00 bits per heavy atom. The van der Waals surface area contributed by atoms with E-state index in [4.69, 9.17) is 5.73 Å². The molecule has 0 bridgehead atoms. The SMILES string of the molecule is NC(=O)CN1CCCC(NC(=O)C2CCC2)C1. The first kappa shape index (κ1) is 12.4. The lowest BCUT2D eigenvalue weighted by Crippen LogP contribution is -2.51. The molecule has 1 saturated carbocycles. The number of carbonyl (C=O) groups is 2. The number of likely N-dealkylation sites (tertiary alicyclic amines) is 1. The second kappa shape index (κ2) is 5.49. The van der Waals surface area contributed by atoms with Crippen molar-refractivity contribution in [2.24, 2.45) is 11.7 Å². The summed E-state index contributed by atoms with van der Waals surface area (Å²) in [5.41, 5.74) is 5.18. The van der Waals surface area contributed by atoms with Crippen LogP contribution >= 0.6 is 0 Å². The Hall–Kier alpha value is -1.10. The molecule has 3 N–H and O–H groups in total. The highest BCUT2D eigenvalue weighted by molar-refractivity contribution is 5.79. The zero-order valence-corrected chi connectivity index (χ0v) is 10.2. The molecule has 2 amide bonds. The quantitative estimate of drug-likeness (QED) is 0.716. The molecule has 2 aliphatic rings. The maximum Gasteiger partial charge on any atom is 0.231 e. The summed E-state index contributed by atoms with van der Waals surface area (Å²) in [6.45, 7) is 1.95. The molecule has 1 atom stereocenters. The summed E-state index contributed by atoms with van der Waals surface area (Å²) in [5, 5.41) is 3.09. The van der Waals surface area contributed by atoms with Crippen LogP contribution in [0.25, 0.3) is 0 Å². The summed E-state index contributed by atoms with van der Waals surface area (Å²) in [6.07, 6.45) is 5.26. The number of amides is 2. The summed E-state index contributed by atoms with van der Waals surface area (Å²) in [4.78, 5) is 24.7. The maximum absolute atomic E-state index is 11.8. The van der Waals surface area contributed by atoms with Crippen molar-refractivity contribution < 1.29 is 9.59 Å². The molecule has 0 aromatic carbocycles. The molecule has 0 spiro atoms. The number of nitrogens with two attached hydrogens (primary N) is 1. The number of nitrogens with zero attached hydrogens (tertiary/aromatic N) is 1. The number of piperidine rings is 1. The van der Waals surface area contributed by atoms with Gasteiger partial charge in [-0.05, 0) is 32.2 Å². The van der Waals surface area contributed by atoms with Gasteiger partial charge >= 0.3 is 0 Å². The van der Waals surface area contributed by atoms with Gasteiger partial charge in [-0.25, -0.2) is 0 Å². The molecular weight excluding hydrogens is 218 g/mol. The fourth-order valence-electron chi connectivity index (χ4n) is 2.53. The number of hydrogen-bond acceptors (Lipinski definition) is 3. The van der Waals surface area contributed by atoms with Crippen LogP contribution in [0.4, 0.5) is 0 Å². The first-order valence-electron chi connectivity index (χ1n) is 6.46. The van der Waals surface area contributed by atoms with Crippen molar-refractivity contribution >= 4 is 11.8 Å².